The summed E-state index contributed by atoms with van der Waals surface area (Å²) < 4.78 is 0. The Morgan fingerprint density at radius 2 is 1.76 bits per heavy atom. The van der Waals surface area contributed by atoms with Crippen molar-refractivity contribution in [3.05, 3.63) is 65.2 Å². The molecule has 0 bridgehead atoms. The molecule has 134 valence electrons. The number of nitrogens with zero attached hydrogens (tertiary/aromatic N) is 1. The number of hydrogen-bond donors (Lipinski definition) is 3. The Morgan fingerprint density at radius 1 is 1.08 bits per heavy atom. The van der Waals surface area contributed by atoms with Crippen molar-refractivity contribution in [3.8, 4) is 0 Å². The molecule has 0 aliphatic heterocycles. The van der Waals surface area contributed by atoms with Crippen LogP contribution in [0.3, 0.4) is 0 Å². The summed E-state index contributed by atoms with van der Waals surface area (Å²) in [4.78, 5) is 4.51. The van der Waals surface area contributed by atoms with Crippen molar-refractivity contribution in [2.24, 2.45) is 10.7 Å². The lowest BCUT2D eigenvalue weighted by molar-refractivity contribution is 0.357. The highest BCUT2D eigenvalue weighted by Crippen LogP contribution is 2.17. The zero-order chi connectivity index (χ0) is 18.4. The van der Waals surface area contributed by atoms with Gasteiger partial charge in [0, 0.05) is 17.3 Å². The Morgan fingerprint density at radius 3 is 2.40 bits per heavy atom. The third-order valence-corrected chi connectivity index (χ3v) is 4.33. The molecule has 0 aliphatic rings. The van der Waals surface area contributed by atoms with E-state index in [1.165, 1.54) is 16.7 Å². The molecular weight excluding hydrogens is 308 g/mol. The molecule has 2 rings (SSSR count). The van der Waals surface area contributed by atoms with E-state index in [0.717, 1.165) is 5.69 Å². The first-order valence-corrected chi connectivity index (χ1v) is 8.74. The average Bonchev–Trinajstić information content (AvgIpc) is 2.57. The van der Waals surface area contributed by atoms with Gasteiger partial charge < -0.3 is 16.4 Å². The van der Waals surface area contributed by atoms with Crippen LogP contribution >= 0.6 is 0 Å². The number of guanidine groups is 1. The van der Waals surface area contributed by atoms with Crippen molar-refractivity contribution in [2.75, 3.05) is 11.9 Å². The van der Waals surface area contributed by atoms with Gasteiger partial charge in [0.1, 0.15) is 0 Å². The first kappa shape index (κ1) is 19.0. The largest absolute Gasteiger partial charge is 0.370 e. The number of aryl methyl sites for hydroxylation is 2. The predicted molar refractivity (Wildman–Crippen MR) is 108 cm³/mol. The summed E-state index contributed by atoms with van der Waals surface area (Å²) in [7, 11) is 0. The lowest BCUT2D eigenvalue weighted by atomic mass is 10.0. The predicted octanol–water partition coefficient (Wildman–Crippen LogP) is 4.16. The Kier molecular flexibility index (Phi) is 6.21. The zero-order valence-corrected chi connectivity index (χ0v) is 15.9. The lowest BCUT2D eigenvalue weighted by Crippen LogP contribution is -2.44. The standard InChI is InChI=1S/C21H30N4/c1-15-11-12-19(13-16(15)2)24-20(22)23-14-21(4,5)25-17(3)18-9-7-6-8-10-18/h6-13,17,25H,14H2,1-5H3,(H3,22,23,24). The maximum Gasteiger partial charge on any atom is 0.193 e. The molecule has 1 atom stereocenters. The van der Waals surface area contributed by atoms with E-state index in [2.05, 4.69) is 86.6 Å². The molecule has 0 saturated heterocycles. The highest BCUT2D eigenvalue weighted by Gasteiger charge is 2.20. The summed E-state index contributed by atoms with van der Waals surface area (Å²) in [5.41, 5.74) is 10.6. The van der Waals surface area contributed by atoms with Crippen molar-refractivity contribution in [3.63, 3.8) is 0 Å². The maximum atomic E-state index is 6.05. The molecule has 0 heterocycles. The van der Waals surface area contributed by atoms with E-state index < -0.39 is 0 Å². The summed E-state index contributed by atoms with van der Waals surface area (Å²) in [5, 5.41) is 6.79. The van der Waals surface area contributed by atoms with Gasteiger partial charge in [-0.05, 0) is 63.4 Å². The Hall–Kier alpha value is -2.33. The Balaban J connectivity index is 1.94. The minimum absolute atomic E-state index is 0.162. The topological polar surface area (TPSA) is 62.4 Å². The second-order valence-electron chi connectivity index (χ2n) is 7.29. The van der Waals surface area contributed by atoms with Crippen LogP contribution in [-0.4, -0.2) is 18.0 Å². The number of rotatable bonds is 6. The van der Waals surface area contributed by atoms with E-state index in [4.69, 9.17) is 5.73 Å². The van der Waals surface area contributed by atoms with Gasteiger partial charge in [0.25, 0.3) is 0 Å². The quantitative estimate of drug-likeness (QED) is 0.547. The summed E-state index contributed by atoms with van der Waals surface area (Å²) in [6, 6.07) is 16.8. The van der Waals surface area contributed by atoms with Gasteiger partial charge in [0.15, 0.2) is 5.96 Å². The normalized spacial score (nSPS) is 13.6. The summed E-state index contributed by atoms with van der Waals surface area (Å²) in [5.74, 6) is 0.436. The summed E-state index contributed by atoms with van der Waals surface area (Å²) >= 11 is 0. The molecule has 2 aromatic rings. The van der Waals surface area contributed by atoms with Gasteiger partial charge in [-0.15, -0.1) is 0 Å². The molecule has 25 heavy (non-hydrogen) atoms. The van der Waals surface area contributed by atoms with Gasteiger partial charge in [0.05, 0.1) is 6.54 Å². The van der Waals surface area contributed by atoms with Gasteiger partial charge in [-0.3, -0.25) is 4.99 Å². The Labute approximate surface area is 151 Å². The summed E-state index contributed by atoms with van der Waals surface area (Å²) in [6.45, 7) is 11.2. The molecule has 2 aromatic carbocycles. The van der Waals surface area contributed by atoms with Gasteiger partial charge in [-0.1, -0.05) is 36.4 Å². The molecule has 4 heteroatoms. The van der Waals surface area contributed by atoms with Crippen LogP contribution in [0.2, 0.25) is 0 Å². The molecule has 0 amide bonds. The van der Waals surface area contributed by atoms with Crippen molar-refractivity contribution >= 4 is 11.6 Å². The van der Waals surface area contributed by atoms with Crippen LogP contribution in [0.4, 0.5) is 5.69 Å². The number of benzene rings is 2. The second kappa shape index (κ2) is 8.17. The van der Waals surface area contributed by atoms with Crippen LogP contribution in [0.5, 0.6) is 0 Å². The maximum absolute atomic E-state index is 6.05. The fourth-order valence-corrected chi connectivity index (χ4v) is 2.75. The number of nitrogens with two attached hydrogens (primary N) is 1. The monoisotopic (exact) mass is 338 g/mol. The highest BCUT2D eigenvalue weighted by molar-refractivity contribution is 5.92. The Bertz CT molecular complexity index is 720. The van der Waals surface area contributed by atoms with E-state index in [1.54, 1.807) is 0 Å². The minimum Gasteiger partial charge on any atom is -0.370 e. The molecule has 4 nitrogen and oxygen atoms in total. The molecule has 0 saturated carbocycles. The number of aliphatic imine (C=N–C) groups is 1. The average molecular weight is 338 g/mol. The van der Waals surface area contributed by atoms with Crippen LogP contribution in [0.15, 0.2) is 53.5 Å². The fraction of sp³-hybridized carbons (Fsp3) is 0.381. The van der Waals surface area contributed by atoms with Crippen molar-refractivity contribution in [2.45, 2.75) is 46.2 Å². The SMILES string of the molecule is Cc1ccc(NC(N)=NCC(C)(C)NC(C)c2ccccc2)cc1C. The first-order valence-electron chi connectivity index (χ1n) is 8.74. The molecule has 0 fully saturated rings. The lowest BCUT2D eigenvalue weighted by Gasteiger charge is -2.29. The molecule has 1 unspecified atom stereocenters. The zero-order valence-electron chi connectivity index (χ0n) is 15.9. The van der Waals surface area contributed by atoms with Crippen molar-refractivity contribution < 1.29 is 0 Å². The molecule has 0 spiro atoms. The fourth-order valence-electron chi connectivity index (χ4n) is 2.75. The first-order chi connectivity index (χ1) is 11.8. The van der Waals surface area contributed by atoms with Gasteiger partial charge >= 0.3 is 0 Å². The highest BCUT2D eigenvalue weighted by atomic mass is 15.1. The minimum atomic E-state index is -0.162. The van der Waals surface area contributed by atoms with E-state index in [9.17, 15) is 0 Å². The molecule has 4 N–H and O–H groups in total. The van der Waals surface area contributed by atoms with Crippen LogP contribution in [0.1, 0.15) is 43.5 Å². The number of hydrogen-bond acceptors (Lipinski definition) is 2. The molecule has 0 aliphatic carbocycles. The third-order valence-electron chi connectivity index (χ3n) is 4.33. The van der Waals surface area contributed by atoms with E-state index >= 15 is 0 Å². The van der Waals surface area contributed by atoms with Crippen LogP contribution < -0.4 is 16.4 Å². The summed E-state index contributed by atoms with van der Waals surface area (Å²) in [6.07, 6.45) is 0. The van der Waals surface area contributed by atoms with Gasteiger partial charge in [0.2, 0.25) is 0 Å². The van der Waals surface area contributed by atoms with Crippen molar-refractivity contribution in [1.82, 2.24) is 5.32 Å². The third kappa shape index (κ3) is 5.91. The molecule has 0 radical (unpaired) electrons. The number of anilines is 1. The molecule has 0 aromatic heterocycles. The van der Waals surface area contributed by atoms with Crippen molar-refractivity contribution in [1.29, 1.82) is 0 Å². The number of nitrogens with one attached hydrogen (secondary N) is 2. The van der Waals surface area contributed by atoms with Crippen LogP contribution in [-0.2, 0) is 0 Å². The second-order valence-corrected chi connectivity index (χ2v) is 7.29. The van der Waals surface area contributed by atoms with E-state index in [-0.39, 0.29) is 11.6 Å². The van der Waals surface area contributed by atoms with E-state index in [0.29, 0.717) is 12.5 Å². The van der Waals surface area contributed by atoms with Crippen LogP contribution in [0.25, 0.3) is 0 Å². The molecular formula is C21H30N4. The van der Waals surface area contributed by atoms with Gasteiger partial charge in [-0.2, -0.15) is 0 Å². The smallest absolute Gasteiger partial charge is 0.193 e. The van der Waals surface area contributed by atoms with Crippen LogP contribution in [0, 0.1) is 13.8 Å². The van der Waals surface area contributed by atoms with E-state index in [1.807, 2.05) is 12.1 Å². The van der Waals surface area contributed by atoms with Gasteiger partial charge in [-0.25, -0.2) is 0 Å².